The minimum atomic E-state index is 0.379. The number of aryl methyl sites for hydroxylation is 1. The maximum atomic E-state index is 5.71. The van der Waals surface area contributed by atoms with Gasteiger partial charge in [0.1, 0.15) is 0 Å². The lowest BCUT2D eigenvalue weighted by Gasteiger charge is -2.25. The van der Waals surface area contributed by atoms with Gasteiger partial charge in [0.05, 0.1) is 6.61 Å². The highest BCUT2D eigenvalue weighted by atomic mass is 16.5. The third kappa shape index (κ3) is 4.89. The first kappa shape index (κ1) is 15.5. The third-order valence-electron chi connectivity index (χ3n) is 4.07. The number of hydrogen-bond acceptors (Lipinski definition) is 3. The average molecular weight is 276 g/mol. The number of rotatable bonds is 9. The lowest BCUT2D eigenvalue weighted by Crippen LogP contribution is -2.33. The Morgan fingerprint density at radius 1 is 1.35 bits per heavy atom. The molecule has 1 aromatic carbocycles. The van der Waals surface area contributed by atoms with E-state index in [9.17, 15) is 0 Å². The monoisotopic (exact) mass is 276 g/mol. The van der Waals surface area contributed by atoms with E-state index in [1.807, 2.05) is 7.05 Å². The number of hydrogen-bond donors (Lipinski definition) is 1. The van der Waals surface area contributed by atoms with Gasteiger partial charge in [0.25, 0.3) is 0 Å². The minimum Gasteiger partial charge on any atom is -0.380 e. The second-order valence-electron chi connectivity index (χ2n) is 5.98. The fourth-order valence-corrected chi connectivity index (χ4v) is 2.48. The normalized spacial score (nSPS) is 16.6. The van der Waals surface area contributed by atoms with Gasteiger partial charge in [-0.1, -0.05) is 24.3 Å². The number of benzene rings is 1. The summed E-state index contributed by atoms with van der Waals surface area (Å²) in [7, 11) is 4.21. The molecule has 0 radical (unpaired) electrons. The maximum absolute atomic E-state index is 5.71. The van der Waals surface area contributed by atoms with E-state index >= 15 is 0 Å². The molecule has 1 saturated carbocycles. The van der Waals surface area contributed by atoms with Crippen molar-refractivity contribution < 1.29 is 4.74 Å². The summed E-state index contributed by atoms with van der Waals surface area (Å²) in [5.41, 5.74) is 2.74. The molecule has 1 aromatic rings. The molecule has 112 valence electrons. The summed E-state index contributed by atoms with van der Waals surface area (Å²) < 4.78 is 5.71. The van der Waals surface area contributed by atoms with Gasteiger partial charge in [-0.2, -0.15) is 0 Å². The van der Waals surface area contributed by atoms with Crippen LogP contribution in [0.1, 0.15) is 30.0 Å². The van der Waals surface area contributed by atoms with E-state index in [0.29, 0.717) is 6.04 Å². The van der Waals surface area contributed by atoms with Crippen molar-refractivity contribution in [2.75, 3.05) is 40.4 Å². The molecule has 0 amide bonds. The molecule has 0 heterocycles. The Hall–Kier alpha value is -0.900. The SMILES string of the molecule is CNC(CN(C)CCOCC1CC1)c1ccccc1C. The standard InChI is InChI=1S/C17H28N2O/c1-14-6-4-5-7-16(14)17(18-2)12-19(3)10-11-20-13-15-8-9-15/h4-7,15,17-18H,8-13H2,1-3H3. The van der Waals surface area contributed by atoms with Crippen molar-refractivity contribution in [2.45, 2.75) is 25.8 Å². The maximum Gasteiger partial charge on any atom is 0.0593 e. The molecular weight excluding hydrogens is 248 g/mol. The summed E-state index contributed by atoms with van der Waals surface area (Å²) in [6.07, 6.45) is 2.73. The molecule has 1 aliphatic carbocycles. The van der Waals surface area contributed by atoms with Crippen molar-refractivity contribution in [1.82, 2.24) is 10.2 Å². The van der Waals surface area contributed by atoms with E-state index in [1.165, 1.54) is 24.0 Å². The van der Waals surface area contributed by atoms with E-state index in [4.69, 9.17) is 4.74 Å². The van der Waals surface area contributed by atoms with E-state index in [1.54, 1.807) is 0 Å². The van der Waals surface area contributed by atoms with Crippen LogP contribution in [0, 0.1) is 12.8 Å². The number of likely N-dealkylation sites (N-methyl/N-ethyl adjacent to an activating group) is 2. The quantitative estimate of drug-likeness (QED) is 0.702. The molecule has 1 N–H and O–H groups in total. The molecular formula is C17H28N2O. The number of nitrogens with one attached hydrogen (secondary N) is 1. The lowest BCUT2D eigenvalue weighted by molar-refractivity contribution is 0.101. The first-order valence-corrected chi connectivity index (χ1v) is 7.69. The Morgan fingerprint density at radius 3 is 2.75 bits per heavy atom. The molecule has 2 rings (SSSR count). The van der Waals surface area contributed by atoms with Crippen LogP contribution in [0.15, 0.2) is 24.3 Å². The molecule has 0 aromatic heterocycles. The predicted molar refractivity (Wildman–Crippen MR) is 84.0 cm³/mol. The molecule has 20 heavy (non-hydrogen) atoms. The largest absolute Gasteiger partial charge is 0.380 e. The molecule has 0 saturated heterocycles. The van der Waals surface area contributed by atoms with Gasteiger partial charge in [-0.05, 0) is 50.9 Å². The van der Waals surface area contributed by atoms with Gasteiger partial charge in [-0.15, -0.1) is 0 Å². The van der Waals surface area contributed by atoms with Crippen LogP contribution in [-0.4, -0.2) is 45.3 Å². The molecule has 3 heteroatoms. The van der Waals surface area contributed by atoms with Gasteiger partial charge in [-0.3, -0.25) is 0 Å². The summed E-state index contributed by atoms with van der Waals surface area (Å²) in [4.78, 5) is 2.35. The molecule has 1 aliphatic rings. The number of nitrogens with zero attached hydrogens (tertiary/aromatic N) is 1. The van der Waals surface area contributed by atoms with Gasteiger partial charge in [-0.25, -0.2) is 0 Å². The highest BCUT2D eigenvalue weighted by Gasteiger charge is 2.21. The smallest absolute Gasteiger partial charge is 0.0593 e. The highest BCUT2D eigenvalue weighted by Crippen LogP contribution is 2.28. The summed E-state index contributed by atoms with van der Waals surface area (Å²) >= 11 is 0. The Bertz CT molecular complexity index is 404. The fraction of sp³-hybridized carbons (Fsp3) is 0.647. The van der Waals surface area contributed by atoms with Gasteiger partial charge < -0.3 is 15.0 Å². The van der Waals surface area contributed by atoms with Crippen molar-refractivity contribution in [1.29, 1.82) is 0 Å². The van der Waals surface area contributed by atoms with E-state index in [0.717, 1.165) is 32.2 Å². The average Bonchev–Trinajstić information content (AvgIpc) is 3.26. The molecule has 0 bridgehead atoms. The Morgan fingerprint density at radius 2 is 2.10 bits per heavy atom. The second kappa shape index (κ2) is 7.77. The molecule has 3 nitrogen and oxygen atoms in total. The predicted octanol–water partition coefficient (Wildman–Crippen LogP) is 2.61. The third-order valence-corrected chi connectivity index (χ3v) is 4.07. The number of ether oxygens (including phenoxy) is 1. The van der Waals surface area contributed by atoms with Crippen LogP contribution < -0.4 is 5.32 Å². The van der Waals surface area contributed by atoms with E-state index in [-0.39, 0.29) is 0 Å². The van der Waals surface area contributed by atoms with Crippen molar-refractivity contribution in [2.24, 2.45) is 5.92 Å². The van der Waals surface area contributed by atoms with Crippen molar-refractivity contribution in [3.05, 3.63) is 35.4 Å². The van der Waals surface area contributed by atoms with Crippen LogP contribution in [0.4, 0.5) is 0 Å². The molecule has 1 atom stereocenters. The Labute approximate surface area is 123 Å². The second-order valence-corrected chi connectivity index (χ2v) is 5.98. The van der Waals surface area contributed by atoms with Crippen molar-refractivity contribution in [3.8, 4) is 0 Å². The van der Waals surface area contributed by atoms with E-state index < -0.39 is 0 Å². The Balaban J connectivity index is 1.75. The lowest BCUT2D eigenvalue weighted by atomic mass is 10.0. The summed E-state index contributed by atoms with van der Waals surface area (Å²) in [6.45, 7) is 5.99. The first-order valence-electron chi connectivity index (χ1n) is 7.69. The highest BCUT2D eigenvalue weighted by molar-refractivity contribution is 5.28. The summed E-state index contributed by atoms with van der Waals surface area (Å²) in [6, 6.07) is 8.99. The zero-order chi connectivity index (χ0) is 14.4. The van der Waals surface area contributed by atoms with Crippen molar-refractivity contribution >= 4 is 0 Å². The van der Waals surface area contributed by atoms with Crippen LogP contribution in [0.2, 0.25) is 0 Å². The molecule has 0 spiro atoms. The van der Waals surface area contributed by atoms with Crippen LogP contribution in [-0.2, 0) is 4.74 Å². The fourth-order valence-electron chi connectivity index (χ4n) is 2.48. The zero-order valence-corrected chi connectivity index (χ0v) is 13.1. The van der Waals surface area contributed by atoms with Crippen molar-refractivity contribution in [3.63, 3.8) is 0 Å². The minimum absolute atomic E-state index is 0.379. The zero-order valence-electron chi connectivity index (χ0n) is 13.1. The molecule has 1 fully saturated rings. The van der Waals surface area contributed by atoms with Gasteiger partial charge >= 0.3 is 0 Å². The summed E-state index contributed by atoms with van der Waals surface area (Å²) in [5.74, 6) is 0.859. The first-order chi connectivity index (χ1) is 9.70. The molecule has 1 unspecified atom stereocenters. The van der Waals surface area contributed by atoms with Crippen LogP contribution >= 0.6 is 0 Å². The van der Waals surface area contributed by atoms with Crippen LogP contribution in [0.5, 0.6) is 0 Å². The Kier molecular flexibility index (Phi) is 6.02. The van der Waals surface area contributed by atoms with Gasteiger partial charge in [0.2, 0.25) is 0 Å². The van der Waals surface area contributed by atoms with Crippen LogP contribution in [0.3, 0.4) is 0 Å². The van der Waals surface area contributed by atoms with E-state index in [2.05, 4.69) is 48.5 Å². The van der Waals surface area contributed by atoms with Gasteiger partial charge in [0, 0.05) is 25.7 Å². The topological polar surface area (TPSA) is 24.5 Å². The van der Waals surface area contributed by atoms with Gasteiger partial charge in [0.15, 0.2) is 0 Å². The summed E-state index contributed by atoms with van der Waals surface area (Å²) in [5, 5.41) is 3.43. The molecule has 0 aliphatic heterocycles. The van der Waals surface area contributed by atoms with Crippen LogP contribution in [0.25, 0.3) is 0 Å².